The minimum absolute atomic E-state index is 0.0846. The lowest BCUT2D eigenvalue weighted by Crippen LogP contribution is -2.47. The van der Waals surface area contributed by atoms with Gasteiger partial charge >= 0.3 is 0 Å². The van der Waals surface area contributed by atoms with Crippen molar-refractivity contribution in [2.75, 3.05) is 5.88 Å². The Kier molecular flexibility index (Phi) is 7.86. The van der Waals surface area contributed by atoms with E-state index in [1.165, 1.54) is 17.0 Å². The molecule has 0 saturated heterocycles. The van der Waals surface area contributed by atoms with Gasteiger partial charge in [-0.15, -0.1) is 11.6 Å². The van der Waals surface area contributed by atoms with Crippen molar-refractivity contribution in [2.24, 2.45) is 5.92 Å². The van der Waals surface area contributed by atoms with E-state index in [-0.39, 0.29) is 30.3 Å². The summed E-state index contributed by atoms with van der Waals surface area (Å²) < 4.78 is 13.5. The molecule has 4 nitrogen and oxygen atoms in total. The maximum absolute atomic E-state index is 13.5. The van der Waals surface area contributed by atoms with Gasteiger partial charge in [-0.1, -0.05) is 49.4 Å². The molecule has 1 unspecified atom stereocenters. The van der Waals surface area contributed by atoms with Gasteiger partial charge in [-0.25, -0.2) is 4.39 Å². The summed E-state index contributed by atoms with van der Waals surface area (Å²) in [6, 6.07) is 14.4. The average molecular weight is 431 g/mol. The van der Waals surface area contributed by atoms with Crippen LogP contribution in [0.5, 0.6) is 0 Å². The van der Waals surface area contributed by atoms with Crippen molar-refractivity contribution in [3.8, 4) is 0 Å². The number of alkyl halides is 1. The Morgan fingerprint density at radius 1 is 1.07 bits per heavy atom. The maximum atomic E-state index is 13.5. The van der Waals surface area contributed by atoms with E-state index < -0.39 is 11.9 Å². The summed E-state index contributed by atoms with van der Waals surface area (Å²) in [5, 5.41) is 3.13. The van der Waals surface area contributed by atoms with Crippen LogP contribution in [0.15, 0.2) is 54.6 Å². The zero-order chi connectivity index (χ0) is 21.5. The van der Waals surface area contributed by atoms with Crippen molar-refractivity contribution in [2.45, 2.75) is 51.2 Å². The number of rotatable bonds is 7. The number of halogens is 2. The minimum Gasteiger partial charge on any atom is -0.351 e. The number of hydrogen-bond acceptors (Lipinski definition) is 2. The van der Waals surface area contributed by atoms with E-state index in [1.54, 1.807) is 12.1 Å². The number of nitrogens with zero attached hydrogens (tertiary/aromatic N) is 1. The third-order valence-electron chi connectivity index (χ3n) is 5.74. The molecule has 1 atom stereocenters. The van der Waals surface area contributed by atoms with E-state index in [9.17, 15) is 14.0 Å². The van der Waals surface area contributed by atoms with Crippen molar-refractivity contribution in [1.82, 2.24) is 10.2 Å². The van der Waals surface area contributed by atoms with Crippen LogP contribution in [0.2, 0.25) is 0 Å². The molecule has 30 heavy (non-hydrogen) atoms. The predicted molar refractivity (Wildman–Crippen MR) is 116 cm³/mol. The summed E-state index contributed by atoms with van der Waals surface area (Å²) in [4.78, 5) is 27.6. The van der Waals surface area contributed by atoms with Crippen LogP contribution in [0, 0.1) is 11.7 Å². The largest absolute Gasteiger partial charge is 0.351 e. The van der Waals surface area contributed by atoms with Crippen molar-refractivity contribution in [3.63, 3.8) is 0 Å². The molecule has 1 aliphatic rings. The second-order valence-corrected chi connectivity index (χ2v) is 8.33. The third-order valence-corrected chi connectivity index (χ3v) is 5.97. The van der Waals surface area contributed by atoms with E-state index in [2.05, 4.69) is 12.2 Å². The lowest BCUT2D eigenvalue weighted by atomic mass is 9.87. The van der Waals surface area contributed by atoms with Gasteiger partial charge in [-0.05, 0) is 54.9 Å². The van der Waals surface area contributed by atoms with Crippen LogP contribution in [0.4, 0.5) is 4.39 Å². The maximum Gasteiger partial charge on any atom is 0.247 e. The van der Waals surface area contributed by atoms with E-state index in [1.807, 2.05) is 30.3 Å². The summed E-state index contributed by atoms with van der Waals surface area (Å²) in [6.45, 7) is 2.46. The monoisotopic (exact) mass is 430 g/mol. The molecule has 2 amide bonds. The molecule has 1 aliphatic carbocycles. The molecule has 2 aromatic rings. The molecule has 0 bridgehead atoms. The first kappa shape index (κ1) is 22.3. The summed E-state index contributed by atoms with van der Waals surface area (Å²) in [7, 11) is 0. The number of benzene rings is 2. The number of nitrogens with one attached hydrogen (secondary N) is 1. The average Bonchev–Trinajstić information content (AvgIpc) is 2.76. The standard InChI is InChI=1S/C24H28ClFN2O2/c1-17-7-13-21(14-8-17)27-24(30)23(19-9-11-20(26)12-10-19)28(22(29)15-25)16-18-5-3-2-4-6-18/h2-6,9-12,17,21,23H,7-8,13-16H2,1H3,(H,27,30). The lowest BCUT2D eigenvalue weighted by Gasteiger charge is -2.34. The fraction of sp³-hybridized carbons (Fsp3) is 0.417. The Labute approximate surface area is 182 Å². The first-order valence-electron chi connectivity index (χ1n) is 10.4. The molecule has 0 aliphatic heterocycles. The normalized spacial score (nSPS) is 19.7. The fourth-order valence-corrected chi connectivity index (χ4v) is 4.14. The van der Waals surface area contributed by atoms with Crippen molar-refractivity contribution in [3.05, 3.63) is 71.5 Å². The molecule has 0 spiro atoms. The SMILES string of the molecule is CC1CCC(NC(=O)C(c2ccc(F)cc2)N(Cc2ccccc2)C(=O)CCl)CC1. The van der Waals surface area contributed by atoms with Gasteiger partial charge in [0, 0.05) is 12.6 Å². The topological polar surface area (TPSA) is 49.4 Å². The third kappa shape index (κ3) is 5.82. The summed E-state index contributed by atoms with van der Waals surface area (Å²) in [6.07, 6.45) is 3.98. The molecule has 0 aromatic heterocycles. The molecule has 160 valence electrons. The van der Waals surface area contributed by atoms with Crippen LogP contribution in [0.1, 0.15) is 49.8 Å². The van der Waals surface area contributed by atoms with Gasteiger partial charge in [0.25, 0.3) is 0 Å². The molecule has 1 N–H and O–H groups in total. The van der Waals surface area contributed by atoms with Gasteiger partial charge in [-0.3, -0.25) is 9.59 Å². The minimum atomic E-state index is -0.878. The smallest absolute Gasteiger partial charge is 0.247 e. The highest BCUT2D eigenvalue weighted by molar-refractivity contribution is 6.27. The quantitative estimate of drug-likeness (QED) is 0.639. The molecule has 0 heterocycles. The highest BCUT2D eigenvalue weighted by atomic mass is 35.5. The van der Waals surface area contributed by atoms with Gasteiger partial charge < -0.3 is 10.2 Å². The second-order valence-electron chi connectivity index (χ2n) is 8.06. The van der Waals surface area contributed by atoms with Crippen molar-refractivity contribution in [1.29, 1.82) is 0 Å². The highest BCUT2D eigenvalue weighted by Crippen LogP contribution is 2.27. The molecular formula is C24H28ClFN2O2. The van der Waals surface area contributed by atoms with E-state index in [4.69, 9.17) is 11.6 Å². The molecule has 2 aromatic carbocycles. The molecule has 0 radical (unpaired) electrons. The zero-order valence-corrected chi connectivity index (χ0v) is 17.9. The van der Waals surface area contributed by atoms with Crippen LogP contribution >= 0.6 is 11.6 Å². The Bertz CT molecular complexity index is 836. The number of carbonyl (C=O) groups excluding carboxylic acids is 2. The zero-order valence-electron chi connectivity index (χ0n) is 17.2. The molecule has 1 saturated carbocycles. The Balaban J connectivity index is 1.90. The van der Waals surface area contributed by atoms with Crippen LogP contribution in [0.25, 0.3) is 0 Å². The van der Waals surface area contributed by atoms with Gasteiger partial charge in [-0.2, -0.15) is 0 Å². The van der Waals surface area contributed by atoms with Crippen LogP contribution in [0.3, 0.4) is 0 Å². The second kappa shape index (κ2) is 10.6. The van der Waals surface area contributed by atoms with Gasteiger partial charge in [0.15, 0.2) is 0 Å². The fourth-order valence-electron chi connectivity index (χ4n) is 3.98. The predicted octanol–water partition coefficient (Wildman–Crippen LogP) is 4.83. The Morgan fingerprint density at radius 2 is 1.70 bits per heavy atom. The van der Waals surface area contributed by atoms with E-state index in [0.29, 0.717) is 11.5 Å². The van der Waals surface area contributed by atoms with Crippen LogP contribution < -0.4 is 5.32 Å². The number of hydrogen-bond donors (Lipinski definition) is 1. The van der Waals surface area contributed by atoms with E-state index >= 15 is 0 Å². The van der Waals surface area contributed by atoms with Crippen molar-refractivity contribution >= 4 is 23.4 Å². The van der Waals surface area contributed by atoms with Crippen molar-refractivity contribution < 1.29 is 14.0 Å². The number of carbonyl (C=O) groups is 2. The van der Waals surface area contributed by atoms with E-state index in [0.717, 1.165) is 31.2 Å². The van der Waals surface area contributed by atoms with Crippen LogP contribution in [-0.4, -0.2) is 28.6 Å². The molecule has 3 rings (SSSR count). The summed E-state index contributed by atoms with van der Waals surface area (Å²) in [5.74, 6) is -0.563. The molecule has 1 fully saturated rings. The van der Waals surface area contributed by atoms with Gasteiger partial charge in [0.2, 0.25) is 11.8 Å². The van der Waals surface area contributed by atoms with Gasteiger partial charge in [0.1, 0.15) is 17.7 Å². The Hall–Kier alpha value is -2.40. The first-order chi connectivity index (χ1) is 14.5. The van der Waals surface area contributed by atoms with Gasteiger partial charge in [0.05, 0.1) is 0 Å². The molecule has 6 heteroatoms. The summed E-state index contributed by atoms with van der Waals surface area (Å²) >= 11 is 5.90. The highest BCUT2D eigenvalue weighted by Gasteiger charge is 2.33. The number of amides is 2. The first-order valence-corrected chi connectivity index (χ1v) is 11.0. The Morgan fingerprint density at radius 3 is 2.30 bits per heavy atom. The lowest BCUT2D eigenvalue weighted by molar-refractivity contribution is -0.140. The van der Waals surface area contributed by atoms with Crippen LogP contribution in [-0.2, 0) is 16.1 Å². The molecular weight excluding hydrogens is 403 g/mol. The summed E-state index contributed by atoms with van der Waals surface area (Å²) in [5.41, 5.74) is 1.45.